The summed E-state index contributed by atoms with van der Waals surface area (Å²) >= 11 is 0. The van der Waals surface area contributed by atoms with Crippen molar-refractivity contribution in [3.63, 3.8) is 0 Å². The maximum atomic E-state index is 12.2. The van der Waals surface area contributed by atoms with Gasteiger partial charge in [0.25, 0.3) is 0 Å². The fraction of sp³-hybridized carbons (Fsp3) is 0.750. The topological polar surface area (TPSA) is 75.7 Å². The smallest absolute Gasteiger partial charge is 0.233 e. The summed E-state index contributed by atoms with van der Waals surface area (Å²) in [5.41, 5.74) is -0.118. The van der Waals surface area contributed by atoms with Crippen LogP contribution in [0.2, 0.25) is 0 Å². The molecule has 26 heavy (non-hydrogen) atoms. The highest BCUT2D eigenvalue weighted by molar-refractivity contribution is 6.04. The van der Waals surface area contributed by atoms with Crippen molar-refractivity contribution in [3.05, 3.63) is 12.2 Å². The van der Waals surface area contributed by atoms with Gasteiger partial charge >= 0.3 is 0 Å². The summed E-state index contributed by atoms with van der Waals surface area (Å²) in [5, 5.41) is 2.81. The fourth-order valence-corrected chi connectivity index (χ4v) is 2.93. The largest absolute Gasteiger partial charge is 0.375 e. The minimum atomic E-state index is -0.576. The van der Waals surface area contributed by atoms with Crippen LogP contribution in [0, 0.1) is 5.92 Å². The van der Waals surface area contributed by atoms with Crippen LogP contribution in [-0.2, 0) is 19.1 Å². The maximum absolute atomic E-state index is 12.2. The van der Waals surface area contributed by atoms with Crippen LogP contribution in [0.5, 0.6) is 0 Å². The third-order valence-corrected chi connectivity index (χ3v) is 4.73. The Morgan fingerprint density at radius 3 is 2.38 bits per heavy atom. The summed E-state index contributed by atoms with van der Waals surface area (Å²) in [7, 11) is 0. The molecule has 0 saturated carbocycles. The third kappa shape index (κ3) is 6.56. The molecule has 1 fully saturated rings. The van der Waals surface area contributed by atoms with Gasteiger partial charge in [-0.2, -0.15) is 0 Å². The van der Waals surface area contributed by atoms with Crippen molar-refractivity contribution in [1.29, 1.82) is 0 Å². The first-order chi connectivity index (χ1) is 11.9. The van der Waals surface area contributed by atoms with Gasteiger partial charge in [0, 0.05) is 37.5 Å². The SMILES string of the molecule is C=C(C)CNC(=O)CCC(C)(C)OCCC(C)(C)N1C(=O)CC(C)C1=O. The Morgan fingerprint density at radius 2 is 1.88 bits per heavy atom. The zero-order valence-corrected chi connectivity index (χ0v) is 17.1. The Balaban J connectivity index is 2.44. The number of nitrogens with zero attached hydrogens (tertiary/aromatic N) is 1. The summed E-state index contributed by atoms with van der Waals surface area (Å²) in [6.45, 7) is 16.0. The van der Waals surface area contributed by atoms with Crippen LogP contribution in [0.25, 0.3) is 0 Å². The third-order valence-electron chi connectivity index (χ3n) is 4.73. The molecule has 0 aromatic carbocycles. The number of likely N-dealkylation sites (tertiary alicyclic amines) is 1. The molecule has 0 aromatic heterocycles. The standard InChI is InChI=1S/C20H34N2O4/c1-14(2)13-21-16(23)8-9-20(6,7)26-11-10-19(4,5)22-17(24)12-15(3)18(22)25/h15H,1,8-13H2,2-7H3,(H,21,23). The Bertz CT molecular complexity index is 566. The monoisotopic (exact) mass is 366 g/mol. The lowest BCUT2D eigenvalue weighted by Crippen LogP contribution is -2.48. The van der Waals surface area contributed by atoms with Gasteiger partial charge in [0.15, 0.2) is 0 Å². The number of hydrogen-bond donors (Lipinski definition) is 1. The Hall–Kier alpha value is -1.69. The zero-order valence-electron chi connectivity index (χ0n) is 17.1. The average molecular weight is 367 g/mol. The van der Waals surface area contributed by atoms with E-state index in [1.54, 1.807) is 6.92 Å². The Kier molecular flexibility index (Phi) is 7.57. The van der Waals surface area contributed by atoms with Crippen molar-refractivity contribution in [1.82, 2.24) is 10.2 Å². The highest BCUT2D eigenvalue weighted by Crippen LogP contribution is 2.30. The molecule has 1 heterocycles. The van der Waals surface area contributed by atoms with Gasteiger partial charge in [0.05, 0.1) is 5.60 Å². The molecule has 1 N–H and O–H groups in total. The highest BCUT2D eigenvalue weighted by atomic mass is 16.5. The number of ether oxygens (including phenoxy) is 1. The van der Waals surface area contributed by atoms with Crippen LogP contribution >= 0.6 is 0 Å². The molecule has 0 spiro atoms. The van der Waals surface area contributed by atoms with E-state index in [1.807, 2.05) is 34.6 Å². The molecule has 1 atom stereocenters. The molecule has 1 saturated heterocycles. The van der Waals surface area contributed by atoms with E-state index in [0.29, 0.717) is 32.4 Å². The molecule has 6 nitrogen and oxygen atoms in total. The first-order valence-electron chi connectivity index (χ1n) is 9.28. The van der Waals surface area contributed by atoms with Gasteiger partial charge in [-0.15, -0.1) is 0 Å². The number of rotatable bonds is 10. The number of amides is 3. The maximum Gasteiger partial charge on any atom is 0.233 e. The number of carbonyl (C=O) groups is 3. The van der Waals surface area contributed by atoms with Gasteiger partial charge in [0.2, 0.25) is 17.7 Å². The number of imide groups is 1. The van der Waals surface area contributed by atoms with E-state index < -0.39 is 11.1 Å². The first-order valence-corrected chi connectivity index (χ1v) is 9.28. The molecule has 0 radical (unpaired) electrons. The van der Waals surface area contributed by atoms with Crippen LogP contribution in [0.1, 0.15) is 67.2 Å². The summed E-state index contributed by atoms with van der Waals surface area (Å²) in [6, 6.07) is 0. The van der Waals surface area contributed by atoms with Gasteiger partial charge in [0.1, 0.15) is 0 Å². The second kappa shape index (κ2) is 8.80. The van der Waals surface area contributed by atoms with E-state index >= 15 is 0 Å². The molecule has 1 rings (SSSR count). The molecule has 0 aliphatic carbocycles. The normalized spacial score (nSPS) is 18.4. The summed E-state index contributed by atoms with van der Waals surface area (Å²) in [4.78, 5) is 37.5. The summed E-state index contributed by atoms with van der Waals surface area (Å²) in [6.07, 6.45) is 1.81. The molecular weight excluding hydrogens is 332 g/mol. The molecule has 3 amide bonds. The molecule has 1 aliphatic rings. The van der Waals surface area contributed by atoms with Crippen molar-refractivity contribution in [3.8, 4) is 0 Å². The van der Waals surface area contributed by atoms with E-state index in [1.165, 1.54) is 4.90 Å². The van der Waals surface area contributed by atoms with E-state index in [-0.39, 0.29) is 30.1 Å². The Labute approximate surface area is 157 Å². The van der Waals surface area contributed by atoms with Crippen LogP contribution < -0.4 is 5.32 Å². The molecule has 1 unspecified atom stereocenters. The lowest BCUT2D eigenvalue weighted by Gasteiger charge is -2.35. The minimum absolute atomic E-state index is 0.0211. The number of hydrogen-bond acceptors (Lipinski definition) is 4. The van der Waals surface area contributed by atoms with Crippen LogP contribution in [0.15, 0.2) is 12.2 Å². The van der Waals surface area contributed by atoms with Gasteiger partial charge in [-0.05, 0) is 47.5 Å². The summed E-state index contributed by atoms with van der Waals surface area (Å²) in [5.74, 6) is -0.474. The lowest BCUT2D eigenvalue weighted by atomic mass is 9.97. The lowest BCUT2D eigenvalue weighted by molar-refractivity contribution is -0.146. The van der Waals surface area contributed by atoms with Crippen molar-refractivity contribution < 1.29 is 19.1 Å². The highest BCUT2D eigenvalue weighted by Gasteiger charge is 2.43. The van der Waals surface area contributed by atoms with Crippen LogP contribution in [0.3, 0.4) is 0 Å². The van der Waals surface area contributed by atoms with Gasteiger partial charge < -0.3 is 10.1 Å². The fourth-order valence-electron chi connectivity index (χ4n) is 2.93. The molecule has 6 heteroatoms. The van der Waals surface area contributed by atoms with E-state index in [9.17, 15) is 14.4 Å². The number of nitrogens with one attached hydrogen (secondary N) is 1. The van der Waals surface area contributed by atoms with Crippen molar-refractivity contribution in [2.24, 2.45) is 5.92 Å². The Morgan fingerprint density at radius 1 is 1.27 bits per heavy atom. The van der Waals surface area contributed by atoms with E-state index in [0.717, 1.165) is 5.57 Å². The predicted molar refractivity (Wildman–Crippen MR) is 101 cm³/mol. The molecule has 148 valence electrons. The van der Waals surface area contributed by atoms with Crippen LogP contribution in [-0.4, -0.2) is 46.9 Å². The molecular formula is C20H34N2O4. The zero-order chi connectivity index (χ0) is 20.1. The van der Waals surface area contributed by atoms with Gasteiger partial charge in [-0.3, -0.25) is 19.3 Å². The van der Waals surface area contributed by atoms with Crippen molar-refractivity contribution in [2.45, 2.75) is 78.4 Å². The van der Waals surface area contributed by atoms with E-state index in [2.05, 4.69) is 11.9 Å². The second-order valence-electron chi connectivity index (χ2n) is 8.58. The van der Waals surface area contributed by atoms with Crippen LogP contribution in [0.4, 0.5) is 0 Å². The first kappa shape index (κ1) is 22.4. The van der Waals surface area contributed by atoms with Crippen molar-refractivity contribution in [2.75, 3.05) is 13.2 Å². The summed E-state index contributed by atoms with van der Waals surface area (Å²) < 4.78 is 5.95. The minimum Gasteiger partial charge on any atom is -0.375 e. The molecule has 0 aromatic rings. The predicted octanol–water partition coefficient (Wildman–Crippen LogP) is 2.82. The van der Waals surface area contributed by atoms with E-state index in [4.69, 9.17) is 4.74 Å². The van der Waals surface area contributed by atoms with Gasteiger partial charge in [-0.1, -0.05) is 19.1 Å². The second-order valence-corrected chi connectivity index (χ2v) is 8.58. The quantitative estimate of drug-likeness (QED) is 0.476. The van der Waals surface area contributed by atoms with Crippen molar-refractivity contribution >= 4 is 17.7 Å². The van der Waals surface area contributed by atoms with Gasteiger partial charge in [-0.25, -0.2) is 0 Å². The molecule has 0 bridgehead atoms. The number of carbonyl (C=O) groups excluding carboxylic acids is 3. The average Bonchev–Trinajstić information content (AvgIpc) is 2.76. The molecule has 1 aliphatic heterocycles.